The SMILES string of the molecule is CCN(CC)C(=O)[C@@H](c1ccc(Cl)cc1)N1C(=O)c2cc(I)ccc2N(CCCCC(=O)O)C(=O)[C@@H]1c1ccc(Cl)cc1. The van der Waals surface area contributed by atoms with Gasteiger partial charge in [0, 0.05) is 39.7 Å². The van der Waals surface area contributed by atoms with E-state index in [-0.39, 0.29) is 24.4 Å². The van der Waals surface area contributed by atoms with Crippen LogP contribution in [0.3, 0.4) is 0 Å². The first-order valence-corrected chi connectivity index (χ1v) is 15.9. The topological polar surface area (TPSA) is 98.2 Å². The number of amides is 3. The van der Waals surface area contributed by atoms with Gasteiger partial charge in [-0.25, -0.2) is 0 Å². The number of anilines is 1. The molecule has 0 fully saturated rings. The lowest BCUT2D eigenvalue weighted by molar-refractivity contribution is -0.138. The molecule has 1 N–H and O–H groups in total. The Kier molecular flexibility index (Phi) is 11.1. The Morgan fingerprint density at radius 1 is 0.930 bits per heavy atom. The van der Waals surface area contributed by atoms with Crippen LogP contribution < -0.4 is 4.90 Å². The number of benzene rings is 3. The van der Waals surface area contributed by atoms with Gasteiger partial charge in [0.05, 0.1) is 11.3 Å². The molecule has 43 heavy (non-hydrogen) atoms. The molecule has 3 aromatic carbocycles. The number of halogens is 3. The Bertz CT molecular complexity index is 1500. The lowest BCUT2D eigenvalue weighted by Crippen LogP contribution is -2.49. The first-order chi connectivity index (χ1) is 20.6. The highest BCUT2D eigenvalue weighted by molar-refractivity contribution is 14.1. The molecule has 1 aliphatic heterocycles. The zero-order valence-corrected chi connectivity index (χ0v) is 27.5. The van der Waals surface area contributed by atoms with Crippen LogP contribution in [0, 0.1) is 3.57 Å². The maximum atomic E-state index is 14.8. The molecular formula is C32H32Cl2IN3O5. The van der Waals surface area contributed by atoms with Crippen LogP contribution in [-0.2, 0) is 14.4 Å². The molecule has 0 spiro atoms. The first-order valence-electron chi connectivity index (χ1n) is 14.0. The highest BCUT2D eigenvalue weighted by atomic mass is 127. The van der Waals surface area contributed by atoms with E-state index in [2.05, 4.69) is 22.6 Å². The van der Waals surface area contributed by atoms with E-state index in [0.717, 1.165) is 3.57 Å². The van der Waals surface area contributed by atoms with Gasteiger partial charge < -0.3 is 19.8 Å². The van der Waals surface area contributed by atoms with E-state index in [1.807, 2.05) is 19.9 Å². The number of likely N-dealkylation sites (N-methyl/N-ethyl adjacent to an activating group) is 1. The van der Waals surface area contributed by atoms with Gasteiger partial charge in [-0.1, -0.05) is 47.5 Å². The van der Waals surface area contributed by atoms with Crippen molar-refractivity contribution in [1.82, 2.24) is 9.80 Å². The van der Waals surface area contributed by atoms with E-state index < -0.39 is 29.9 Å². The fraction of sp³-hybridized carbons (Fsp3) is 0.312. The second-order valence-electron chi connectivity index (χ2n) is 10.1. The third kappa shape index (κ3) is 7.33. The summed E-state index contributed by atoms with van der Waals surface area (Å²) in [6.45, 7) is 4.74. The van der Waals surface area contributed by atoms with Crippen molar-refractivity contribution >= 4 is 75.2 Å². The van der Waals surface area contributed by atoms with Gasteiger partial charge >= 0.3 is 5.97 Å². The van der Waals surface area contributed by atoms with E-state index in [4.69, 9.17) is 28.3 Å². The highest BCUT2D eigenvalue weighted by Crippen LogP contribution is 2.41. The number of aliphatic carboxylic acids is 1. The van der Waals surface area contributed by atoms with E-state index in [9.17, 15) is 19.2 Å². The number of carbonyl (C=O) groups excluding carboxylic acids is 3. The second kappa shape index (κ2) is 14.5. The minimum Gasteiger partial charge on any atom is -0.481 e. The molecule has 226 valence electrons. The first kappa shape index (κ1) is 32.8. The molecule has 0 aliphatic carbocycles. The minimum absolute atomic E-state index is 0.0374. The standard InChI is InChI=1S/C32H32Cl2IN3O5/c1-3-36(4-2)31(42)28(20-8-12-22(33)13-9-20)38-29(21-10-14-23(34)15-11-21)32(43)37(18-6-5-7-27(39)40)26-17-16-24(35)19-25(26)30(38)41/h8-17,19,28-29H,3-7,18H2,1-2H3,(H,39,40)/t28-,29+/m1/s1. The van der Waals surface area contributed by atoms with Gasteiger partial charge in [0.1, 0.15) is 12.1 Å². The number of carbonyl (C=O) groups is 4. The van der Waals surface area contributed by atoms with Crippen molar-refractivity contribution in [2.75, 3.05) is 24.5 Å². The molecule has 3 aromatic rings. The Morgan fingerprint density at radius 3 is 2.12 bits per heavy atom. The van der Waals surface area contributed by atoms with Crippen molar-refractivity contribution < 1.29 is 24.3 Å². The molecule has 0 bridgehead atoms. The molecule has 1 heterocycles. The smallest absolute Gasteiger partial charge is 0.303 e. The Labute approximate surface area is 274 Å². The Hall–Kier alpha value is -3.15. The summed E-state index contributed by atoms with van der Waals surface area (Å²) in [5, 5.41) is 10.1. The van der Waals surface area contributed by atoms with Gasteiger partial charge in [-0.05, 0) is 103 Å². The molecule has 0 radical (unpaired) electrons. The normalized spacial score (nSPS) is 15.6. The molecule has 0 unspecified atom stereocenters. The average molecular weight is 736 g/mol. The summed E-state index contributed by atoms with van der Waals surface area (Å²) in [7, 11) is 0. The van der Waals surface area contributed by atoms with E-state index >= 15 is 0 Å². The molecule has 3 amide bonds. The van der Waals surface area contributed by atoms with Crippen molar-refractivity contribution in [2.24, 2.45) is 0 Å². The third-order valence-corrected chi connectivity index (χ3v) is 8.65. The fourth-order valence-electron chi connectivity index (χ4n) is 5.32. The number of nitrogens with zero attached hydrogens (tertiary/aromatic N) is 3. The Morgan fingerprint density at radius 2 is 1.53 bits per heavy atom. The zero-order chi connectivity index (χ0) is 31.3. The highest BCUT2D eigenvalue weighted by Gasteiger charge is 2.46. The number of carboxylic acid groups (broad SMARTS) is 1. The van der Waals surface area contributed by atoms with Crippen molar-refractivity contribution in [2.45, 2.75) is 45.2 Å². The maximum Gasteiger partial charge on any atom is 0.303 e. The molecule has 0 aromatic heterocycles. The maximum absolute atomic E-state index is 14.8. The van der Waals surface area contributed by atoms with Crippen LogP contribution in [0.25, 0.3) is 0 Å². The van der Waals surface area contributed by atoms with Crippen LogP contribution >= 0.6 is 45.8 Å². The van der Waals surface area contributed by atoms with Crippen LogP contribution in [0.5, 0.6) is 0 Å². The molecule has 2 atom stereocenters. The summed E-state index contributed by atoms with van der Waals surface area (Å²) in [6, 6.07) is 16.3. The van der Waals surface area contributed by atoms with Gasteiger partial charge in [0.15, 0.2) is 0 Å². The van der Waals surface area contributed by atoms with Crippen LogP contribution in [0.4, 0.5) is 5.69 Å². The second-order valence-corrected chi connectivity index (χ2v) is 12.3. The average Bonchev–Trinajstić information content (AvgIpc) is 3.06. The van der Waals surface area contributed by atoms with E-state index in [1.54, 1.807) is 70.5 Å². The van der Waals surface area contributed by atoms with Crippen LogP contribution in [0.15, 0.2) is 66.7 Å². The zero-order valence-electron chi connectivity index (χ0n) is 23.8. The van der Waals surface area contributed by atoms with Crippen molar-refractivity contribution in [1.29, 1.82) is 0 Å². The molecule has 11 heteroatoms. The molecule has 8 nitrogen and oxygen atoms in total. The number of fused-ring (bicyclic) bond motifs is 1. The van der Waals surface area contributed by atoms with Gasteiger partial charge in [0.2, 0.25) is 5.91 Å². The third-order valence-electron chi connectivity index (χ3n) is 7.47. The molecule has 0 saturated heterocycles. The summed E-state index contributed by atoms with van der Waals surface area (Å²) < 4.78 is 0.783. The largest absolute Gasteiger partial charge is 0.481 e. The van der Waals surface area contributed by atoms with Gasteiger partial charge in [0.25, 0.3) is 11.8 Å². The number of unbranched alkanes of at least 4 members (excludes halogenated alkanes) is 1. The molecule has 4 rings (SSSR count). The summed E-state index contributed by atoms with van der Waals surface area (Å²) >= 11 is 14.5. The fourth-order valence-corrected chi connectivity index (χ4v) is 6.07. The molecular weight excluding hydrogens is 704 g/mol. The molecule has 0 saturated carbocycles. The molecule has 1 aliphatic rings. The summed E-state index contributed by atoms with van der Waals surface area (Å²) in [5.41, 5.74) is 1.70. The number of carboxylic acids is 1. The minimum atomic E-state index is -1.19. The predicted molar refractivity (Wildman–Crippen MR) is 175 cm³/mol. The van der Waals surface area contributed by atoms with E-state index in [1.165, 1.54) is 4.90 Å². The predicted octanol–water partition coefficient (Wildman–Crippen LogP) is 6.99. The van der Waals surface area contributed by atoms with Crippen molar-refractivity contribution in [3.05, 3.63) is 97.0 Å². The van der Waals surface area contributed by atoms with Gasteiger partial charge in [-0.15, -0.1) is 0 Å². The summed E-state index contributed by atoms with van der Waals surface area (Å²) in [4.78, 5) is 59.6. The Balaban J connectivity index is 1.97. The summed E-state index contributed by atoms with van der Waals surface area (Å²) in [6.07, 6.45) is 0.726. The van der Waals surface area contributed by atoms with Crippen molar-refractivity contribution in [3.8, 4) is 0 Å². The summed E-state index contributed by atoms with van der Waals surface area (Å²) in [5.74, 6) is -2.12. The van der Waals surface area contributed by atoms with Gasteiger partial charge in [-0.3, -0.25) is 19.2 Å². The number of hydrogen-bond donors (Lipinski definition) is 1. The van der Waals surface area contributed by atoms with Crippen LogP contribution in [0.2, 0.25) is 10.0 Å². The lowest BCUT2D eigenvalue weighted by Gasteiger charge is -2.38. The van der Waals surface area contributed by atoms with Gasteiger partial charge in [-0.2, -0.15) is 0 Å². The van der Waals surface area contributed by atoms with Crippen LogP contribution in [-0.4, -0.2) is 58.2 Å². The van der Waals surface area contributed by atoms with E-state index in [0.29, 0.717) is 52.8 Å². The van der Waals surface area contributed by atoms with Crippen molar-refractivity contribution in [3.63, 3.8) is 0 Å². The number of hydrogen-bond acceptors (Lipinski definition) is 4. The van der Waals surface area contributed by atoms with Crippen LogP contribution in [0.1, 0.15) is 66.7 Å². The lowest BCUT2D eigenvalue weighted by atomic mass is 9.96. The number of rotatable bonds is 11. The monoisotopic (exact) mass is 735 g/mol. The quantitative estimate of drug-likeness (QED) is 0.169.